The fourth-order valence-electron chi connectivity index (χ4n) is 4.63. The highest BCUT2D eigenvalue weighted by atomic mass is 16.5. The number of benzene rings is 1. The molecule has 0 unspecified atom stereocenters. The summed E-state index contributed by atoms with van der Waals surface area (Å²) in [6, 6.07) is 11.1. The highest BCUT2D eigenvalue weighted by molar-refractivity contribution is 5.95. The first kappa shape index (κ1) is 22.5. The molecule has 2 heterocycles. The molecule has 6 nitrogen and oxygen atoms in total. The predicted octanol–water partition coefficient (Wildman–Crippen LogP) is 4.47. The zero-order valence-electron chi connectivity index (χ0n) is 19.1. The number of aromatic nitrogens is 2. The molecule has 0 radical (unpaired) electrons. The highest BCUT2D eigenvalue weighted by Crippen LogP contribution is 2.33. The highest BCUT2D eigenvalue weighted by Gasteiger charge is 2.24. The fraction of sp³-hybridized carbons (Fsp3) is 0.500. The van der Waals surface area contributed by atoms with Crippen molar-refractivity contribution in [1.82, 2.24) is 14.7 Å². The maximum atomic E-state index is 12.9. The molecule has 32 heavy (non-hydrogen) atoms. The Hall–Kier alpha value is -2.73. The Morgan fingerprint density at radius 2 is 1.84 bits per heavy atom. The standard InChI is InChI=1S/C26H33N3O3/c1-19(2)6-7-20-8-10-23(11-9-20)29-25(30)13-12-24(27-29)21-4-3-5-22(18-21)26(31)28-14-16-32-17-15-28/h3-6,12-13,18,20,23H,7-11,14-17H2,1-2H3. The van der Waals surface area contributed by atoms with Gasteiger partial charge in [-0.2, -0.15) is 5.10 Å². The minimum Gasteiger partial charge on any atom is -0.378 e. The van der Waals surface area contributed by atoms with Gasteiger partial charge in [-0.25, -0.2) is 4.68 Å². The van der Waals surface area contributed by atoms with Crippen LogP contribution >= 0.6 is 0 Å². The zero-order chi connectivity index (χ0) is 22.5. The summed E-state index contributed by atoms with van der Waals surface area (Å²) in [4.78, 5) is 27.3. The van der Waals surface area contributed by atoms with Gasteiger partial charge in [0, 0.05) is 30.3 Å². The molecule has 1 saturated carbocycles. The molecule has 2 aromatic rings. The van der Waals surface area contributed by atoms with Crippen LogP contribution in [0.15, 0.2) is 52.8 Å². The van der Waals surface area contributed by atoms with E-state index in [4.69, 9.17) is 9.84 Å². The molecule has 1 aliphatic carbocycles. The number of carbonyl (C=O) groups is 1. The Balaban J connectivity index is 1.50. The van der Waals surface area contributed by atoms with E-state index >= 15 is 0 Å². The number of amides is 1. The molecule has 0 bridgehead atoms. The van der Waals surface area contributed by atoms with E-state index < -0.39 is 0 Å². The van der Waals surface area contributed by atoms with Crippen molar-refractivity contribution >= 4 is 5.91 Å². The van der Waals surface area contributed by atoms with Crippen molar-refractivity contribution in [3.05, 3.63) is 64.0 Å². The molecule has 1 aromatic carbocycles. The number of nitrogens with zero attached hydrogens (tertiary/aromatic N) is 3. The lowest BCUT2D eigenvalue weighted by Crippen LogP contribution is -2.40. The van der Waals surface area contributed by atoms with Gasteiger partial charge in [0.25, 0.3) is 11.5 Å². The number of carbonyl (C=O) groups excluding carboxylic acids is 1. The summed E-state index contributed by atoms with van der Waals surface area (Å²) in [5.74, 6) is 0.709. The van der Waals surface area contributed by atoms with Crippen LogP contribution in [0.5, 0.6) is 0 Å². The van der Waals surface area contributed by atoms with Gasteiger partial charge in [-0.15, -0.1) is 0 Å². The second-order valence-electron chi connectivity index (χ2n) is 9.18. The Morgan fingerprint density at radius 3 is 2.56 bits per heavy atom. The zero-order valence-corrected chi connectivity index (χ0v) is 19.1. The molecule has 0 spiro atoms. The van der Waals surface area contributed by atoms with Crippen LogP contribution in [0.1, 0.15) is 62.4 Å². The molecule has 1 aromatic heterocycles. The van der Waals surface area contributed by atoms with Gasteiger partial charge in [-0.3, -0.25) is 9.59 Å². The van der Waals surface area contributed by atoms with E-state index in [1.54, 1.807) is 16.8 Å². The van der Waals surface area contributed by atoms with Crippen molar-refractivity contribution < 1.29 is 9.53 Å². The Labute approximate surface area is 189 Å². The average Bonchev–Trinajstić information content (AvgIpc) is 2.83. The summed E-state index contributed by atoms with van der Waals surface area (Å²) >= 11 is 0. The van der Waals surface area contributed by atoms with Crippen LogP contribution in [0.4, 0.5) is 0 Å². The molecular weight excluding hydrogens is 402 g/mol. The van der Waals surface area contributed by atoms with Gasteiger partial charge in [-0.1, -0.05) is 23.8 Å². The minimum absolute atomic E-state index is 0.0122. The van der Waals surface area contributed by atoms with Gasteiger partial charge < -0.3 is 9.64 Å². The van der Waals surface area contributed by atoms with Gasteiger partial charge in [0.1, 0.15) is 0 Å². The van der Waals surface area contributed by atoms with Crippen LogP contribution in [0, 0.1) is 5.92 Å². The van der Waals surface area contributed by atoms with Crippen molar-refractivity contribution in [2.24, 2.45) is 5.92 Å². The second-order valence-corrected chi connectivity index (χ2v) is 9.18. The van der Waals surface area contributed by atoms with E-state index in [0.717, 1.165) is 43.4 Å². The number of rotatable bonds is 5. The molecule has 1 aliphatic heterocycles. The first-order valence-electron chi connectivity index (χ1n) is 11.7. The van der Waals surface area contributed by atoms with E-state index in [-0.39, 0.29) is 17.5 Å². The second kappa shape index (κ2) is 10.3. The third-order valence-electron chi connectivity index (χ3n) is 6.55. The normalized spacial score (nSPS) is 21.2. The molecule has 2 aliphatic rings. The van der Waals surface area contributed by atoms with Crippen LogP contribution < -0.4 is 5.56 Å². The van der Waals surface area contributed by atoms with E-state index in [9.17, 15) is 9.59 Å². The lowest BCUT2D eigenvalue weighted by Gasteiger charge is -2.28. The van der Waals surface area contributed by atoms with Crippen molar-refractivity contribution in [3.63, 3.8) is 0 Å². The molecule has 2 fully saturated rings. The van der Waals surface area contributed by atoms with Gasteiger partial charge in [0.05, 0.1) is 24.9 Å². The minimum atomic E-state index is -0.0537. The van der Waals surface area contributed by atoms with Crippen molar-refractivity contribution in [3.8, 4) is 11.3 Å². The van der Waals surface area contributed by atoms with Gasteiger partial charge in [0.2, 0.25) is 0 Å². The maximum Gasteiger partial charge on any atom is 0.267 e. The molecule has 1 saturated heterocycles. The van der Waals surface area contributed by atoms with Gasteiger partial charge >= 0.3 is 0 Å². The van der Waals surface area contributed by atoms with E-state index in [0.29, 0.717) is 37.8 Å². The number of morpholine rings is 1. The number of allylic oxidation sites excluding steroid dienone is 2. The molecule has 0 atom stereocenters. The van der Waals surface area contributed by atoms with Crippen LogP contribution in [0.2, 0.25) is 0 Å². The largest absolute Gasteiger partial charge is 0.378 e. The van der Waals surface area contributed by atoms with Crippen LogP contribution in [0.3, 0.4) is 0 Å². The third kappa shape index (κ3) is 5.36. The van der Waals surface area contributed by atoms with Gasteiger partial charge in [0.15, 0.2) is 0 Å². The molecule has 0 N–H and O–H groups in total. The fourth-order valence-corrected chi connectivity index (χ4v) is 4.63. The molecule has 1 amide bonds. The summed E-state index contributed by atoms with van der Waals surface area (Å²) in [7, 11) is 0. The lowest BCUT2D eigenvalue weighted by atomic mass is 9.84. The Kier molecular flexibility index (Phi) is 7.20. The van der Waals surface area contributed by atoms with Crippen LogP contribution in [-0.4, -0.2) is 46.9 Å². The number of hydrogen-bond acceptors (Lipinski definition) is 4. The molecule has 4 rings (SSSR count). The first-order valence-corrected chi connectivity index (χ1v) is 11.7. The summed E-state index contributed by atoms with van der Waals surface area (Å²) in [5.41, 5.74) is 3.54. The molecule has 6 heteroatoms. The summed E-state index contributed by atoms with van der Waals surface area (Å²) in [5, 5.41) is 4.73. The number of ether oxygens (including phenoxy) is 1. The van der Waals surface area contributed by atoms with E-state index in [2.05, 4.69) is 19.9 Å². The average molecular weight is 436 g/mol. The number of hydrogen-bond donors (Lipinski definition) is 0. The first-order chi connectivity index (χ1) is 15.5. The quantitative estimate of drug-likeness (QED) is 0.650. The van der Waals surface area contributed by atoms with Crippen LogP contribution in [0.25, 0.3) is 11.3 Å². The molecular formula is C26H33N3O3. The predicted molar refractivity (Wildman–Crippen MR) is 126 cm³/mol. The Bertz CT molecular complexity index is 1020. The monoisotopic (exact) mass is 435 g/mol. The Morgan fingerprint density at radius 1 is 1.09 bits per heavy atom. The van der Waals surface area contributed by atoms with E-state index in [1.807, 2.05) is 29.2 Å². The van der Waals surface area contributed by atoms with Crippen molar-refractivity contribution in [2.75, 3.05) is 26.3 Å². The van der Waals surface area contributed by atoms with Crippen molar-refractivity contribution in [1.29, 1.82) is 0 Å². The van der Waals surface area contributed by atoms with Crippen LogP contribution in [-0.2, 0) is 4.74 Å². The maximum absolute atomic E-state index is 12.9. The summed E-state index contributed by atoms with van der Waals surface area (Å²) < 4.78 is 7.02. The molecule has 170 valence electrons. The van der Waals surface area contributed by atoms with Crippen molar-refractivity contribution in [2.45, 2.75) is 52.0 Å². The summed E-state index contributed by atoms with van der Waals surface area (Å²) in [6.45, 7) is 6.67. The third-order valence-corrected chi connectivity index (χ3v) is 6.55. The summed E-state index contributed by atoms with van der Waals surface area (Å²) in [6.07, 6.45) is 7.65. The smallest absolute Gasteiger partial charge is 0.267 e. The SMILES string of the molecule is CC(C)=CCC1CCC(n2nc(-c3cccc(C(=O)N4CCOCC4)c3)ccc2=O)CC1. The topological polar surface area (TPSA) is 64.4 Å². The lowest BCUT2D eigenvalue weighted by molar-refractivity contribution is 0.0303. The van der Waals surface area contributed by atoms with E-state index in [1.165, 1.54) is 5.57 Å². The van der Waals surface area contributed by atoms with Gasteiger partial charge in [-0.05, 0) is 70.1 Å².